The highest BCUT2D eigenvalue weighted by Gasteiger charge is 2.16. The van der Waals surface area contributed by atoms with E-state index in [1.807, 2.05) is 18.2 Å². The molecule has 5 rings (SSSR count). The Bertz CT molecular complexity index is 1380. The lowest BCUT2D eigenvalue weighted by Gasteiger charge is -2.29. The number of hydrogen-bond donors (Lipinski definition) is 3. The number of carbonyl (C=O) groups excluding carboxylic acids is 1. The molecule has 1 aliphatic heterocycles. The lowest BCUT2D eigenvalue weighted by molar-refractivity contribution is -0.111. The zero-order valence-corrected chi connectivity index (χ0v) is 20.0. The highest BCUT2D eigenvalue weighted by atomic mass is 16.1. The predicted octanol–water partition coefficient (Wildman–Crippen LogP) is 3.86. The quantitative estimate of drug-likeness (QED) is 0.338. The van der Waals surface area contributed by atoms with Crippen molar-refractivity contribution < 1.29 is 4.79 Å². The Morgan fingerprint density at radius 3 is 2.64 bits per heavy atom. The SMILES string of the molecule is C=CC(=O)Nc1ccnc(-c2nccc3cnc(Nc4ccc(NC5CCN(C)CC5)nc4)nc23)c1. The predicted molar refractivity (Wildman–Crippen MR) is 141 cm³/mol. The summed E-state index contributed by atoms with van der Waals surface area (Å²) in [6.07, 6.45) is 10.2. The van der Waals surface area contributed by atoms with E-state index in [1.54, 1.807) is 36.9 Å². The molecule has 1 saturated heterocycles. The van der Waals surface area contributed by atoms with E-state index in [-0.39, 0.29) is 5.91 Å². The minimum absolute atomic E-state index is 0.298. The van der Waals surface area contributed by atoms with Crippen LogP contribution in [0.1, 0.15) is 12.8 Å². The van der Waals surface area contributed by atoms with Crippen LogP contribution in [0.25, 0.3) is 22.3 Å². The van der Waals surface area contributed by atoms with E-state index in [1.165, 1.54) is 6.08 Å². The van der Waals surface area contributed by atoms with Crippen molar-refractivity contribution in [3.8, 4) is 11.4 Å². The van der Waals surface area contributed by atoms with E-state index in [9.17, 15) is 4.79 Å². The molecule has 1 fully saturated rings. The maximum atomic E-state index is 11.7. The fraction of sp³-hybridized carbons (Fsp3) is 0.231. The summed E-state index contributed by atoms with van der Waals surface area (Å²) >= 11 is 0. The van der Waals surface area contributed by atoms with Crippen molar-refractivity contribution in [3.63, 3.8) is 0 Å². The molecule has 0 aromatic carbocycles. The molecule has 0 radical (unpaired) electrons. The third kappa shape index (κ3) is 5.44. The van der Waals surface area contributed by atoms with E-state index in [0.717, 1.165) is 42.8 Å². The molecule has 4 aromatic heterocycles. The van der Waals surface area contributed by atoms with Crippen molar-refractivity contribution in [2.45, 2.75) is 18.9 Å². The van der Waals surface area contributed by atoms with Crippen LogP contribution >= 0.6 is 0 Å². The fourth-order valence-electron chi connectivity index (χ4n) is 4.08. The number of rotatable bonds is 7. The molecule has 5 heterocycles. The van der Waals surface area contributed by atoms with Crippen LogP contribution in [0.3, 0.4) is 0 Å². The number of amides is 1. The number of fused-ring (bicyclic) bond motifs is 1. The van der Waals surface area contributed by atoms with Crippen molar-refractivity contribution in [1.29, 1.82) is 0 Å². The molecule has 0 spiro atoms. The molecule has 36 heavy (non-hydrogen) atoms. The first-order valence-electron chi connectivity index (χ1n) is 11.8. The van der Waals surface area contributed by atoms with Gasteiger partial charge in [-0.25, -0.2) is 15.0 Å². The zero-order valence-electron chi connectivity index (χ0n) is 20.0. The number of nitrogens with zero attached hydrogens (tertiary/aromatic N) is 6. The second kappa shape index (κ2) is 10.4. The molecule has 0 unspecified atom stereocenters. The first kappa shape index (κ1) is 23.3. The van der Waals surface area contributed by atoms with Gasteiger partial charge in [0, 0.05) is 35.7 Å². The van der Waals surface area contributed by atoms with Gasteiger partial charge >= 0.3 is 0 Å². The number of hydrogen-bond acceptors (Lipinski definition) is 9. The third-order valence-electron chi connectivity index (χ3n) is 6.04. The van der Waals surface area contributed by atoms with Crippen LogP contribution in [-0.2, 0) is 4.79 Å². The molecule has 3 N–H and O–H groups in total. The Kier molecular flexibility index (Phi) is 6.76. The minimum Gasteiger partial charge on any atom is -0.367 e. The molecular weight excluding hydrogens is 454 g/mol. The van der Waals surface area contributed by atoms with Gasteiger partial charge in [-0.3, -0.25) is 14.8 Å². The minimum atomic E-state index is -0.298. The van der Waals surface area contributed by atoms with Crippen LogP contribution in [-0.4, -0.2) is 61.9 Å². The summed E-state index contributed by atoms with van der Waals surface area (Å²) in [5.74, 6) is 0.981. The number of nitrogens with one attached hydrogen (secondary N) is 3. The van der Waals surface area contributed by atoms with E-state index in [4.69, 9.17) is 4.98 Å². The van der Waals surface area contributed by atoms with Crippen LogP contribution in [0.5, 0.6) is 0 Å². The van der Waals surface area contributed by atoms with E-state index >= 15 is 0 Å². The van der Waals surface area contributed by atoms with Gasteiger partial charge in [0.15, 0.2) is 0 Å². The van der Waals surface area contributed by atoms with Crippen molar-refractivity contribution in [1.82, 2.24) is 29.8 Å². The summed E-state index contributed by atoms with van der Waals surface area (Å²) in [6, 6.07) is 9.65. The lowest BCUT2D eigenvalue weighted by atomic mass is 10.1. The summed E-state index contributed by atoms with van der Waals surface area (Å²) in [5.41, 5.74) is 3.18. The summed E-state index contributed by atoms with van der Waals surface area (Å²) in [5, 5.41) is 10.3. The largest absolute Gasteiger partial charge is 0.367 e. The number of pyridine rings is 3. The number of carbonyl (C=O) groups is 1. The first-order valence-corrected chi connectivity index (χ1v) is 11.8. The Morgan fingerprint density at radius 1 is 1.03 bits per heavy atom. The molecule has 0 aliphatic carbocycles. The molecule has 0 bridgehead atoms. The maximum absolute atomic E-state index is 11.7. The highest BCUT2D eigenvalue weighted by molar-refractivity contribution is 5.99. The summed E-state index contributed by atoms with van der Waals surface area (Å²) in [6.45, 7) is 5.67. The average Bonchev–Trinajstić information content (AvgIpc) is 2.91. The molecule has 0 atom stereocenters. The number of piperidine rings is 1. The van der Waals surface area contributed by atoms with Crippen molar-refractivity contribution >= 4 is 40.0 Å². The topological polar surface area (TPSA) is 121 Å². The smallest absolute Gasteiger partial charge is 0.247 e. The molecular formula is C26H27N9O. The van der Waals surface area contributed by atoms with Crippen LogP contribution < -0.4 is 16.0 Å². The van der Waals surface area contributed by atoms with Crippen LogP contribution in [0, 0.1) is 0 Å². The Hall–Kier alpha value is -4.44. The van der Waals surface area contributed by atoms with Gasteiger partial charge in [0.05, 0.1) is 17.6 Å². The lowest BCUT2D eigenvalue weighted by Crippen LogP contribution is -2.36. The maximum Gasteiger partial charge on any atom is 0.247 e. The van der Waals surface area contributed by atoms with Gasteiger partial charge in [-0.15, -0.1) is 0 Å². The second-order valence-corrected chi connectivity index (χ2v) is 8.69. The summed E-state index contributed by atoms with van der Waals surface area (Å²) in [4.78, 5) is 36.7. The zero-order chi connectivity index (χ0) is 24.9. The number of likely N-dealkylation sites (tertiary alicyclic amines) is 1. The van der Waals surface area contributed by atoms with E-state index in [2.05, 4.69) is 54.4 Å². The van der Waals surface area contributed by atoms with Gasteiger partial charge in [-0.2, -0.15) is 0 Å². The third-order valence-corrected chi connectivity index (χ3v) is 6.04. The normalized spacial score (nSPS) is 14.4. The molecule has 0 saturated carbocycles. The standard InChI is InChI=1S/C26H27N9O/c1-3-23(36)32-19-7-11-27-21(14-19)25-24-17(6-10-28-25)15-30-26(34-24)33-20-4-5-22(29-16-20)31-18-8-12-35(2)13-9-18/h3-7,10-11,14-16,18H,1,8-9,12-13H2,2H3,(H,29,31)(H,27,32,36)(H,30,33,34). The van der Waals surface area contributed by atoms with Crippen LogP contribution in [0.15, 0.2) is 67.8 Å². The summed E-state index contributed by atoms with van der Waals surface area (Å²) < 4.78 is 0. The number of anilines is 4. The molecule has 10 nitrogen and oxygen atoms in total. The van der Waals surface area contributed by atoms with Gasteiger partial charge in [-0.1, -0.05) is 6.58 Å². The number of aromatic nitrogens is 5. The van der Waals surface area contributed by atoms with Crippen LogP contribution in [0.2, 0.25) is 0 Å². The highest BCUT2D eigenvalue weighted by Crippen LogP contribution is 2.26. The molecule has 182 valence electrons. The van der Waals surface area contributed by atoms with Gasteiger partial charge in [-0.05, 0) is 69.4 Å². The van der Waals surface area contributed by atoms with Crippen molar-refractivity contribution in [2.75, 3.05) is 36.1 Å². The monoisotopic (exact) mass is 481 g/mol. The van der Waals surface area contributed by atoms with Gasteiger partial charge in [0.25, 0.3) is 0 Å². The van der Waals surface area contributed by atoms with Crippen LogP contribution in [0.4, 0.5) is 23.1 Å². The van der Waals surface area contributed by atoms with E-state index < -0.39 is 0 Å². The Morgan fingerprint density at radius 2 is 1.86 bits per heavy atom. The van der Waals surface area contributed by atoms with E-state index in [0.29, 0.717) is 34.6 Å². The molecule has 4 aromatic rings. The molecule has 10 heteroatoms. The van der Waals surface area contributed by atoms with Gasteiger partial charge in [0.1, 0.15) is 17.0 Å². The van der Waals surface area contributed by atoms with Gasteiger partial charge in [0.2, 0.25) is 11.9 Å². The average molecular weight is 482 g/mol. The first-order chi connectivity index (χ1) is 17.6. The Labute approximate surface area is 208 Å². The second-order valence-electron chi connectivity index (χ2n) is 8.69. The van der Waals surface area contributed by atoms with Gasteiger partial charge < -0.3 is 20.9 Å². The van der Waals surface area contributed by atoms with Crippen molar-refractivity contribution in [3.05, 3.63) is 67.8 Å². The molecule has 1 amide bonds. The molecule has 1 aliphatic rings. The van der Waals surface area contributed by atoms with Crippen molar-refractivity contribution in [2.24, 2.45) is 0 Å². The Balaban J connectivity index is 1.35. The summed E-state index contributed by atoms with van der Waals surface area (Å²) in [7, 11) is 2.15. The fourth-order valence-corrected chi connectivity index (χ4v) is 4.08.